The van der Waals surface area contributed by atoms with E-state index in [4.69, 9.17) is 15.1 Å². The van der Waals surface area contributed by atoms with E-state index in [-0.39, 0.29) is 17.9 Å². The number of hydrogen-bond donors (Lipinski definition) is 3. The summed E-state index contributed by atoms with van der Waals surface area (Å²) in [5, 5.41) is 18.9. The molecule has 8 heteroatoms. The van der Waals surface area contributed by atoms with Crippen molar-refractivity contribution in [2.24, 2.45) is 10.9 Å². The summed E-state index contributed by atoms with van der Waals surface area (Å²) in [7, 11) is 1.79. The van der Waals surface area contributed by atoms with E-state index in [9.17, 15) is 4.79 Å². The SMILES string of the molecule is CN/C=C1\C(=N)C=C(c2cnn(C3CCCCC3)c2)N=C1O[C@H](C)[C@H]1CNC(=O)C1. The van der Waals surface area contributed by atoms with Gasteiger partial charge in [-0.2, -0.15) is 5.10 Å². The molecule has 160 valence electrons. The van der Waals surface area contributed by atoms with Gasteiger partial charge in [-0.15, -0.1) is 0 Å². The van der Waals surface area contributed by atoms with Crippen molar-refractivity contribution in [3.8, 4) is 0 Å². The Labute approximate surface area is 177 Å². The number of aliphatic imine (C=N–C) groups is 1. The fourth-order valence-electron chi connectivity index (χ4n) is 4.30. The Balaban J connectivity index is 1.56. The lowest BCUT2D eigenvalue weighted by atomic mass is 9.96. The zero-order chi connectivity index (χ0) is 21.1. The summed E-state index contributed by atoms with van der Waals surface area (Å²) in [4.78, 5) is 16.3. The molecule has 0 aromatic carbocycles. The molecule has 8 nitrogen and oxygen atoms in total. The molecule has 4 rings (SSSR count). The molecule has 2 atom stereocenters. The molecule has 0 bridgehead atoms. The van der Waals surface area contributed by atoms with Crippen LogP contribution in [0.25, 0.3) is 5.70 Å². The Bertz CT molecular complexity index is 906. The summed E-state index contributed by atoms with van der Waals surface area (Å²) >= 11 is 0. The summed E-state index contributed by atoms with van der Waals surface area (Å²) in [5.41, 5.74) is 2.51. The number of carbonyl (C=O) groups excluding carboxylic acids is 1. The Morgan fingerprint density at radius 2 is 2.17 bits per heavy atom. The van der Waals surface area contributed by atoms with Crippen LogP contribution in [-0.4, -0.2) is 47.0 Å². The van der Waals surface area contributed by atoms with Crippen molar-refractivity contribution < 1.29 is 9.53 Å². The van der Waals surface area contributed by atoms with Crippen LogP contribution in [-0.2, 0) is 9.53 Å². The van der Waals surface area contributed by atoms with Gasteiger partial charge in [0.25, 0.3) is 0 Å². The highest BCUT2D eigenvalue weighted by Gasteiger charge is 2.31. The van der Waals surface area contributed by atoms with Crippen LogP contribution in [0.1, 0.15) is 57.1 Å². The predicted molar refractivity (Wildman–Crippen MR) is 116 cm³/mol. The van der Waals surface area contributed by atoms with E-state index in [1.54, 1.807) is 19.3 Å². The molecule has 30 heavy (non-hydrogen) atoms. The summed E-state index contributed by atoms with van der Waals surface area (Å²) in [6.45, 7) is 2.56. The van der Waals surface area contributed by atoms with Crippen LogP contribution in [0, 0.1) is 11.3 Å². The Morgan fingerprint density at radius 3 is 2.87 bits per heavy atom. The van der Waals surface area contributed by atoms with E-state index in [0.29, 0.717) is 41.9 Å². The van der Waals surface area contributed by atoms with Gasteiger partial charge in [-0.05, 0) is 25.8 Å². The normalized spacial score (nSPS) is 25.0. The number of allylic oxidation sites excluding steroid dienone is 1. The molecule has 3 N–H and O–H groups in total. The Kier molecular flexibility index (Phi) is 6.01. The maximum Gasteiger partial charge on any atom is 0.225 e. The van der Waals surface area contributed by atoms with Crippen LogP contribution >= 0.6 is 0 Å². The van der Waals surface area contributed by atoms with Crippen molar-refractivity contribution >= 4 is 23.2 Å². The molecule has 2 aliphatic heterocycles. The van der Waals surface area contributed by atoms with E-state index in [1.165, 1.54) is 19.3 Å². The lowest BCUT2D eigenvalue weighted by Gasteiger charge is -2.24. The van der Waals surface area contributed by atoms with Gasteiger partial charge in [0.15, 0.2) is 0 Å². The first-order valence-electron chi connectivity index (χ1n) is 10.8. The fourth-order valence-corrected chi connectivity index (χ4v) is 4.30. The van der Waals surface area contributed by atoms with Gasteiger partial charge in [-0.3, -0.25) is 14.9 Å². The van der Waals surface area contributed by atoms with Gasteiger partial charge >= 0.3 is 0 Å². The number of rotatable bonds is 5. The third-order valence-electron chi connectivity index (χ3n) is 6.13. The molecule has 1 amide bonds. The minimum atomic E-state index is -0.194. The van der Waals surface area contributed by atoms with Gasteiger partial charge < -0.3 is 15.4 Å². The number of hydrogen-bond acceptors (Lipinski definition) is 6. The second-order valence-electron chi connectivity index (χ2n) is 8.30. The molecule has 1 saturated heterocycles. The number of ether oxygens (including phenoxy) is 1. The standard InChI is InChI=1S/C22H30N6O2/c1-14(15-8-21(29)25-10-15)30-22-18(12-24-2)19(23)9-20(27-22)16-11-26-28(13-16)17-6-4-3-5-7-17/h9,11-15,17,23-24H,3-8,10H2,1-2H3,(H,25,29)/b18-12+,23-19?/t14-,15-/m1/s1. The number of amides is 1. The second kappa shape index (κ2) is 8.85. The maximum absolute atomic E-state index is 11.6. The largest absolute Gasteiger partial charge is 0.474 e. The molecule has 1 saturated carbocycles. The van der Waals surface area contributed by atoms with Crippen LogP contribution in [0.2, 0.25) is 0 Å². The van der Waals surface area contributed by atoms with Gasteiger partial charge in [0, 0.05) is 43.9 Å². The van der Waals surface area contributed by atoms with Gasteiger partial charge in [0.2, 0.25) is 11.8 Å². The summed E-state index contributed by atoms with van der Waals surface area (Å²) in [5.74, 6) is 0.549. The monoisotopic (exact) mass is 410 g/mol. The predicted octanol–water partition coefficient (Wildman–Crippen LogP) is 2.81. The van der Waals surface area contributed by atoms with Crippen LogP contribution in [0.3, 0.4) is 0 Å². The van der Waals surface area contributed by atoms with Gasteiger partial charge in [0.1, 0.15) is 6.10 Å². The lowest BCUT2D eigenvalue weighted by molar-refractivity contribution is -0.119. The average Bonchev–Trinajstić information content (AvgIpc) is 3.40. The van der Waals surface area contributed by atoms with E-state index < -0.39 is 0 Å². The van der Waals surface area contributed by atoms with Crippen molar-refractivity contribution in [1.29, 1.82) is 5.41 Å². The summed E-state index contributed by atoms with van der Waals surface area (Å²) in [6, 6.07) is 0.447. The van der Waals surface area contributed by atoms with Crippen molar-refractivity contribution in [3.63, 3.8) is 0 Å². The molecule has 3 heterocycles. The highest BCUT2D eigenvalue weighted by Crippen LogP contribution is 2.30. The maximum atomic E-state index is 11.6. The molecule has 1 aromatic heterocycles. The van der Waals surface area contributed by atoms with Gasteiger partial charge in [-0.25, -0.2) is 4.99 Å². The molecule has 1 aliphatic carbocycles. The van der Waals surface area contributed by atoms with Crippen molar-refractivity contribution in [2.45, 2.75) is 57.6 Å². The van der Waals surface area contributed by atoms with E-state index in [1.807, 2.05) is 24.0 Å². The zero-order valence-electron chi connectivity index (χ0n) is 17.6. The smallest absolute Gasteiger partial charge is 0.225 e. The zero-order valence-corrected chi connectivity index (χ0v) is 17.6. The first-order chi connectivity index (χ1) is 14.5. The van der Waals surface area contributed by atoms with Crippen molar-refractivity contribution in [2.75, 3.05) is 13.6 Å². The summed E-state index contributed by atoms with van der Waals surface area (Å²) in [6.07, 6.45) is 13.7. The Morgan fingerprint density at radius 1 is 1.37 bits per heavy atom. The minimum absolute atomic E-state index is 0.0514. The van der Waals surface area contributed by atoms with Crippen LogP contribution in [0.5, 0.6) is 0 Å². The summed E-state index contributed by atoms with van der Waals surface area (Å²) < 4.78 is 8.22. The number of nitrogens with zero attached hydrogens (tertiary/aromatic N) is 3. The van der Waals surface area contributed by atoms with Crippen LogP contribution in [0.15, 0.2) is 35.2 Å². The van der Waals surface area contributed by atoms with E-state index >= 15 is 0 Å². The molecule has 3 aliphatic rings. The quantitative estimate of drug-likeness (QED) is 0.694. The molecule has 0 spiro atoms. The fraction of sp³-hybridized carbons (Fsp3) is 0.545. The average molecular weight is 411 g/mol. The molecular weight excluding hydrogens is 380 g/mol. The first kappa shape index (κ1) is 20.4. The minimum Gasteiger partial charge on any atom is -0.474 e. The highest BCUT2D eigenvalue weighted by molar-refractivity contribution is 6.29. The third kappa shape index (κ3) is 4.32. The van der Waals surface area contributed by atoms with Gasteiger partial charge in [-0.1, -0.05) is 19.3 Å². The van der Waals surface area contributed by atoms with E-state index in [0.717, 1.165) is 18.4 Å². The second-order valence-corrected chi connectivity index (χ2v) is 8.30. The van der Waals surface area contributed by atoms with Crippen LogP contribution in [0.4, 0.5) is 0 Å². The molecular formula is C22H30N6O2. The highest BCUT2D eigenvalue weighted by atomic mass is 16.5. The Hall–Kier alpha value is -2.90. The number of aromatic nitrogens is 2. The molecule has 2 fully saturated rings. The van der Waals surface area contributed by atoms with Crippen molar-refractivity contribution in [3.05, 3.63) is 35.8 Å². The first-order valence-corrected chi connectivity index (χ1v) is 10.8. The van der Waals surface area contributed by atoms with Crippen LogP contribution < -0.4 is 10.6 Å². The molecule has 0 radical (unpaired) electrons. The molecule has 0 unspecified atom stereocenters. The molecule has 1 aromatic rings. The van der Waals surface area contributed by atoms with Crippen molar-refractivity contribution in [1.82, 2.24) is 20.4 Å². The van der Waals surface area contributed by atoms with Gasteiger partial charge in [0.05, 0.1) is 29.2 Å². The number of nitrogens with one attached hydrogen (secondary N) is 3. The third-order valence-corrected chi connectivity index (χ3v) is 6.13. The lowest BCUT2D eigenvalue weighted by Crippen LogP contribution is -2.29. The topological polar surface area (TPSA) is 104 Å². The number of carbonyl (C=O) groups is 1. The van der Waals surface area contributed by atoms with E-state index in [2.05, 4.69) is 15.7 Å².